The molecule has 10 nitrogen and oxygen atoms in total. The summed E-state index contributed by atoms with van der Waals surface area (Å²) in [6, 6.07) is 8.05. The number of hydrogen-bond acceptors (Lipinski definition) is 8. The monoisotopic (exact) mass is 628 g/mol. The topological polar surface area (TPSA) is 103 Å². The molecule has 46 heavy (non-hydrogen) atoms. The van der Waals surface area contributed by atoms with Gasteiger partial charge in [-0.2, -0.15) is 0 Å². The Balaban J connectivity index is 1.18. The molecule has 0 N–H and O–H groups in total. The first kappa shape index (κ1) is 30.9. The highest BCUT2D eigenvalue weighted by Gasteiger charge is 2.48. The minimum Gasteiger partial charge on any atom is -0.458 e. The quantitative estimate of drug-likeness (QED) is 0.257. The molecule has 0 radical (unpaired) electrons. The molecule has 1 aromatic carbocycles. The zero-order chi connectivity index (χ0) is 32.2. The standard InChI is InChI=1S/C36H44N4O6/c1-5-25-26-18-24(45-35(43)39-16-12-23(13-17-39)38-14-8-7-9-15-38)10-11-30(26)37-32-27(25)20-40-31(32)19-29-28(33(40)41)21-44-34(42)36(29,6-2)46-22(3)4/h10-11,18-19,22-23H,5-9,12-17,20-21H2,1-4H3. The number of carbonyl (C=O) groups excluding carboxylic acids is 2. The molecule has 0 bridgehead atoms. The van der Waals surface area contributed by atoms with Gasteiger partial charge in [0.25, 0.3) is 5.56 Å². The summed E-state index contributed by atoms with van der Waals surface area (Å²) in [5.41, 5.74) is 3.71. The lowest BCUT2D eigenvalue weighted by atomic mass is 9.85. The minimum atomic E-state index is -1.34. The van der Waals surface area contributed by atoms with Gasteiger partial charge >= 0.3 is 12.1 Å². The van der Waals surface area contributed by atoms with Crippen LogP contribution < -0.4 is 10.3 Å². The number of likely N-dealkylation sites (tertiary alicyclic amines) is 2. The zero-order valence-corrected chi connectivity index (χ0v) is 27.4. The van der Waals surface area contributed by atoms with Gasteiger partial charge < -0.3 is 28.6 Å². The van der Waals surface area contributed by atoms with Gasteiger partial charge in [0.05, 0.1) is 35.1 Å². The summed E-state index contributed by atoms with van der Waals surface area (Å²) >= 11 is 0. The highest BCUT2D eigenvalue weighted by atomic mass is 16.6. The van der Waals surface area contributed by atoms with E-state index < -0.39 is 11.6 Å². The average molecular weight is 629 g/mol. The number of fused-ring (bicyclic) bond motifs is 5. The molecule has 1 amide bonds. The number of pyridine rings is 2. The Labute approximate surface area is 269 Å². The van der Waals surface area contributed by atoms with Gasteiger partial charge in [0, 0.05) is 35.6 Å². The average Bonchev–Trinajstić information content (AvgIpc) is 3.44. The molecule has 2 saturated heterocycles. The normalized spacial score (nSPS) is 21.7. The predicted octanol–water partition coefficient (Wildman–Crippen LogP) is 5.52. The van der Waals surface area contributed by atoms with Crippen molar-refractivity contribution in [3.05, 3.63) is 56.9 Å². The number of rotatable bonds is 6. The number of aromatic nitrogens is 2. The Kier molecular flexibility index (Phi) is 8.13. The lowest BCUT2D eigenvalue weighted by Crippen LogP contribution is -2.48. The van der Waals surface area contributed by atoms with Crippen molar-refractivity contribution in [3.8, 4) is 17.1 Å². The van der Waals surface area contributed by atoms with Crippen molar-refractivity contribution in [3.63, 3.8) is 0 Å². The molecule has 6 heterocycles. The number of carbonyl (C=O) groups is 2. The van der Waals surface area contributed by atoms with E-state index in [4.69, 9.17) is 19.2 Å². The van der Waals surface area contributed by atoms with E-state index in [9.17, 15) is 14.4 Å². The molecular weight excluding hydrogens is 584 g/mol. The number of amides is 1. The highest BCUT2D eigenvalue weighted by Crippen LogP contribution is 2.43. The SMILES string of the molecule is CCc1c2c(nc3ccc(OC(=O)N4CCC(N5CCCCC5)CC4)cc13)-c1cc3c(c(=O)n1C2)COC(=O)C3(CC)OC(C)C. The molecule has 3 aromatic rings. The van der Waals surface area contributed by atoms with Crippen LogP contribution in [0.15, 0.2) is 29.1 Å². The van der Waals surface area contributed by atoms with Gasteiger partial charge in [-0.25, -0.2) is 14.6 Å². The molecule has 0 spiro atoms. The molecule has 10 heteroatoms. The van der Waals surface area contributed by atoms with Crippen LogP contribution in [0.1, 0.15) is 88.5 Å². The molecule has 0 aliphatic carbocycles. The van der Waals surface area contributed by atoms with Crippen LogP contribution in [0.4, 0.5) is 4.79 Å². The smallest absolute Gasteiger partial charge is 0.415 e. The molecule has 2 fully saturated rings. The number of piperidine rings is 2. The van der Waals surface area contributed by atoms with Crippen LogP contribution in [-0.4, -0.2) is 69.7 Å². The second-order valence-electron chi connectivity index (χ2n) is 13.4. The second-order valence-corrected chi connectivity index (χ2v) is 13.4. The number of benzene rings is 1. The number of nitrogens with zero attached hydrogens (tertiary/aromatic N) is 4. The molecule has 2 aromatic heterocycles. The van der Waals surface area contributed by atoms with Crippen LogP contribution in [0.3, 0.4) is 0 Å². The van der Waals surface area contributed by atoms with Crippen molar-refractivity contribution < 1.29 is 23.8 Å². The summed E-state index contributed by atoms with van der Waals surface area (Å²) < 4.78 is 19.4. The lowest BCUT2D eigenvalue weighted by molar-refractivity contribution is -0.187. The predicted molar refractivity (Wildman–Crippen MR) is 174 cm³/mol. The summed E-state index contributed by atoms with van der Waals surface area (Å²) in [4.78, 5) is 49.7. The van der Waals surface area contributed by atoms with Gasteiger partial charge in [0.1, 0.15) is 12.4 Å². The summed E-state index contributed by atoms with van der Waals surface area (Å²) in [6.45, 7) is 11.8. The largest absolute Gasteiger partial charge is 0.458 e. The molecule has 4 aliphatic heterocycles. The van der Waals surface area contributed by atoms with Gasteiger partial charge in [-0.05, 0) is 95.3 Å². The third-order valence-corrected chi connectivity index (χ3v) is 10.4. The highest BCUT2D eigenvalue weighted by molar-refractivity contribution is 5.90. The summed E-state index contributed by atoms with van der Waals surface area (Å²) in [5, 5.41) is 0.908. The van der Waals surface area contributed by atoms with Gasteiger partial charge in [0.15, 0.2) is 5.60 Å². The Morgan fingerprint density at radius 3 is 2.50 bits per heavy atom. The van der Waals surface area contributed by atoms with Crippen molar-refractivity contribution in [1.29, 1.82) is 0 Å². The number of esters is 1. The Morgan fingerprint density at radius 1 is 1.04 bits per heavy atom. The Hall–Kier alpha value is -3.76. The molecule has 1 unspecified atom stereocenters. The second kappa shape index (κ2) is 12.1. The Morgan fingerprint density at radius 2 is 1.80 bits per heavy atom. The zero-order valence-electron chi connectivity index (χ0n) is 27.4. The lowest BCUT2D eigenvalue weighted by Gasteiger charge is -2.39. The first-order valence-electron chi connectivity index (χ1n) is 17.0. The number of aryl methyl sites for hydroxylation is 1. The van der Waals surface area contributed by atoms with E-state index in [0.717, 1.165) is 40.6 Å². The molecule has 244 valence electrons. The molecule has 4 aliphatic rings. The molecule has 0 saturated carbocycles. The number of cyclic esters (lactones) is 1. The third-order valence-electron chi connectivity index (χ3n) is 10.4. The van der Waals surface area contributed by atoms with E-state index in [2.05, 4.69) is 11.8 Å². The summed E-state index contributed by atoms with van der Waals surface area (Å²) in [5.74, 6) is 0.0254. The maximum Gasteiger partial charge on any atom is 0.415 e. The first-order valence-corrected chi connectivity index (χ1v) is 17.0. The van der Waals surface area contributed by atoms with Gasteiger partial charge in [-0.3, -0.25) is 4.79 Å². The van der Waals surface area contributed by atoms with Crippen LogP contribution in [0.25, 0.3) is 22.3 Å². The van der Waals surface area contributed by atoms with E-state index >= 15 is 0 Å². The summed E-state index contributed by atoms with van der Waals surface area (Å²) in [6.07, 6.45) is 6.33. The van der Waals surface area contributed by atoms with Crippen molar-refractivity contribution in [2.24, 2.45) is 0 Å². The number of hydrogen-bond donors (Lipinski definition) is 0. The fraction of sp³-hybridized carbons (Fsp3) is 0.556. The maximum atomic E-state index is 13.9. The van der Waals surface area contributed by atoms with E-state index in [-0.39, 0.29) is 24.4 Å². The van der Waals surface area contributed by atoms with Crippen LogP contribution in [0, 0.1) is 0 Å². The summed E-state index contributed by atoms with van der Waals surface area (Å²) in [7, 11) is 0. The van der Waals surface area contributed by atoms with Crippen molar-refractivity contribution in [1.82, 2.24) is 19.4 Å². The van der Waals surface area contributed by atoms with Gasteiger partial charge in [-0.1, -0.05) is 20.3 Å². The third kappa shape index (κ3) is 5.10. The van der Waals surface area contributed by atoms with Crippen molar-refractivity contribution in [2.75, 3.05) is 26.2 Å². The number of ether oxygens (including phenoxy) is 3. The van der Waals surface area contributed by atoms with Crippen LogP contribution in [0.2, 0.25) is 0 Å². The molecule has 7 rings (SSSR count). The van der Waals surface area contributed by atoms with Gasteiger partial charge in [0.2, 0.25) is 0 Å². The van der Waals surface area contributed by atoms with Crippen molar-refractivity contribution in [2.45, 2.75) is 104 Å². The van der Waals surface area contributed by atoms with Crippen LogP contribution in [-0.2, 0) is 39.4 Å². The molecule has 1 atom stereocenters. The van der Waals surface area contributed by atoms with Crippen LogP contribution >= 0.6 is 0 Å². The van der Waals surface area contributed by atoms with Gasteiger partial charge in [-0.15, -0.1) is 0 Å². The van der Waals surface area contributed by atoms with Crippen LogP contribution in [0.5, 0.6) is 5.75 Å². The fourth-order valence-electron chi connectivity index (χ4n) is 8.06. The minimum absolute atomic E-state index is 0.0759. The fourth-order valence-corrected chi connectivity index (χ4v) is 8.06. The van der Waals surface area contributed by atoms with E-state index in [1.807, 2.05) is 43.9 Å². The van der Waals surface area contributed by atoms with Crippen molar-refractivity contribution >= 4 is 23.0 Å². The van der Waals surface area contributed by atoms with E-state index in [1.54, 1.807) is 10.6 Å². The molecular formula is C36H44N4O6. The van der Waals surface area contributed by atoms with E-state index in [0.29, 0.717) is 61.1 Å². The van der Waals surface area contributed by atoms with E-state index in [1.165, 1.54) is 32.4 Å². The maximum absolute atomic E-state index is 13.9. The Bertz CT molecular complexity index is 1750. The first-order chi connectivity index (χ1) is 22.2.